The van der Waals surface area contributed by atoms with Crippen LogP contribution >= 0.6 is 11.3 Å². The van der Waals surface area contributed by atoms with Gasteiger partial charge in [0.25, 0.3) is 5.91 Å². The Morgan fingerprint density at radius 3 is 2.92 bits per heavy atom. The molecule has 2 aromatic heterocycles. The second-order valence-corrected chi connectivity index (χ2v) is 6.25. The molecule has 0 saturated heterocycles. The van der Waals surface area contributed by atoms with Gasteiger partial charge < -0.3 is 4.98 Å². The summed E-state index contributed by atoms with van der Waals surface area (Å²) >= 11 is 1.31. The molecule has 0 radical (unpaired) electrons. The molecule has 6 nitrogen and oxygen atoms in total. The largest absolute Gasteiger partial charge is 0.358 e. The molecular weight excluding hydrogens is 322 g/mol. The van der Waals surface area contributed by atoms with Crippen LogP contribution in [0.15, 0.2) is 29.8 Å². The first-order valence-electron chi connectivity index (χ1n) is 7.45. The third kappa shape index (κ3) is 3.05. The minimum absolute atomic E-state index is 0.0242. The van der Waals surface area contributed by atoms with Crippen molar-refractivity contribution in [3.05, 3.63) is 46.1 Å². The summed E-state index contributed by atoms with van der Waals surface area (Å²) in [6, 6.07) is 9.73. The van der Waals surface area contributed by atoms with Crippen LogP contribution in [0.25, 0.3) is 17.0 Å². The first-order chi connectivity index (χ1) is 11.6. The van der Waals surface area contributed by atoms with Crippen molar-refractivity contribution in [1.29, 1.82) is 5.26 Å². The van der Waals surface area contributed by atoms with Crippen molar-refractivity contribution in [1.82, 2.24) is 15.2 Å². The van der Waals surface area contributed by atoms with Crippen molar-refractivity contribution in [2.75, 3.05) is 5.32 Å². The van der Waals surface area contributed by atoms with Crippen LogP contribution in [0, 0.1) is 18.3 Å². The maximum Gasteiger partial charge on any atom is 0.268 e. The topological polar surface area (TPSA) is 94.5 Å². The summed E-state index contributed by atoms with van der Waals surface area (Å²) in [5, 5.41) is 22.1. The molecule has 3 rings (SSSR count). The number of fused-ring (bicyclic) bond motifs is 1. The fourth-order valence-electron chi connectivity index (χ4n) is 2.39. The molecule has 0 fully saturated rings. The van der Waals surface area contributed by atoms with Gasteiger partial charge in [-0.1, -0.05) is 36.5 Å². The molecule has 7 heteroatoms. The van der Waals surface area contributed by atoms with E-state index in [1.807, 2.05) is 44.2 Å². The summed E-state index contributed by atoms with van der Waals surface area (Å²) in [5.74, 6) is -0.485. The number of hydrogen-bond acceptors (Lipinski definition) is 5. The first kappa shape index (κ1) is 15.9. The number of aromatic amines is 1. The van der Waals surface area contributed by atoms with Crippen LogP contribution in [0.3, 0.4) is 0 Å². The van der Waals surface area contributed by atoms with Crippen LogP contribution < -0.4 is 5.32 Å². The summed E-state index contributed by atoms with van der Waals surface area (Å²) in [6.07, 6.45) is 2.36. The Bertz CT molecular complexity index is 976. The molecule has 2 N–H and O–H groups in total. The smallest absolute Gasteiger partial charge is 0.268 e. The lowest BCUT2D eigenvalue weighted by molar-refractivity contribution is -0.112. The zero-order valence-corrected chi connectivity index (χ0v) is 14.1. The average molecular weight is 337 g/mol. The molecule has 0 unspecified atom stereocenters. The number of nitriles is 1. The monoisotopic (exact) mass is 337 g/mol. The zero-order valence-electron chi connectivity index (χ0n) is 13.3. The fourth-order valence-corrected chi connectivity index (χ4v) is 3.06. The molecule has 0 aliphatic rings. The average Bonchev–Trinajstić information content (AvgIpc) is 3.16. The van der Waals surface area contributed by atoms with E-state index in [2.05, 4.69) is 20.5 Å². The van der Waals surface area contributed by atoms with E-state index in [0.29, 0.717) is 5.13 Å². The van der Waals surface area contributed by atoms with Gasteiger partial charge in [0, 0.05) is 22.2 Å². The van der Waals surface area contributed by atoms with Gasteiger partial charge in [-0.2, -0.15) is 5.26 Å². The van der Waals surface area contributed by atoms with E-state index in [0.717, 1.165) is 33.6 Å². The van der Waals surface area contributed by atoms with Crippen LogP contribution in [0.4, 0.5) is 5.13 Å². The number of benzene rings is 1. The third-order valence-electron chi connectivity index (χ3n) is 3.59. The van der Waals surface area contributed by atoms with Crippen molar-refractivity contribution in [3.8, 4) is 6.07 Å². The maximum atomic E-state index is 12.3. The third-order valence-corrected chi connectivity index (χ3v) is 4.57. The normalized spacial score (nSPS) is 11.5. The molecule has 0 bridgehead atoms. The molecular formula is C17H15N5OS. The molecule has 3 aromatic rings. The highest BCUT2D eigenvalue weighted by Gasteiger charge is 2.14. The lowest BCUT2D eigenvalue weighted by Crippen LogP contribution is -2.13. The lowest BCUT2D eigenvalue weighted by atomic mass is 10.1. The van der Waals surface area contributed by atoms with Gasteiger partial charge in [0.15, 0.2) is 0 Å². The lowest BCUT2D eigenvalue weighted by Gasteiger charge is -2.00. The Kier molecular flexibility index (Phi) is 4.40. The summed E-state index contributed by atoms with van der Waals surface area (Å²) < 4.78 is 0. The molecule has 0 aliphatic heterocycles. The van der Waals surface area contributed by atoms with E-state index in [1.165, 1.54) is 11.3 Å². The Morgan fingerprint density at radius 1 is 1.42 bits per heavy atom. The van der Waals surface area contributed by atoms with Crippen molar-refractivity contribution < 1.29 is 4.79 Å². The van der Waals surface area contributed by atoms with Crippen LogP contribution in [-0.4, -0.2) is 21.1 Å². The van der Waals surface area contributed by atoms with Crippen molar-refractivity contribution in [3.63, 3.8) is 0 Å². The Morgan fingerprint density at radius 2 is 2.21 bits per heavy atom. The Labute approximate surface area is 142 Å². The molecule has 0 atom stereocenters. The number of nitrogens with one attached hydrogen (secondary N) is 2. The molecule has 0 spiro atoms. The second kappa shape index (κ2) is 6.64. The summed E-state index contributed by atoms with van der Waals surface area (Å²) in [7, 11) is 0. The van der Waals surface area contributed by atoms with Gasteiger partial charge in [-0.3, -0.25) is 10.1 Å². The number of para-hydroxylation sites is 1. The van der Waals surface area contributed by atoms with E-state index < -0.39 is 5.91 Å². The molecule has 1 amide bonds. The van der Waals surface area contributed by atoms with E-state index in [1.54, 1.807) is 6.08 Å². The van der Waals surface area contributed by atoms with Gasteiger partial charge in [-0.15, -0.1) is 10.2 Å². The molecule has 0 aliphatic carbocycles. The number of nitrogens with zero attached hydrogens (tertiary/aromatic N) is 3. The molecule has 0 saturated carbocycles. The Balaban J connectivity index is 1.92. The predicted octanol–water partition coefficient (Wildman–Crippen LogP) is 3.44. The van der Waals surface area contributed by atoms with Crippen molar-refractivity contribution in [2.24, 2.45) is 0 Å². The fraction of sp³-hybridized carbons (Fsp3) is 0.176. The van der Waals surface area contributed by atoms with Crippen LogP contribution in [-0.2, 0) is 11.2 Å². The SMILES string of the molecule is CCc1nnc(NC(=O)/C(C#N)=C\c2c(C)[nH]c3ccccc23)s1. The number of hydrogen-bond donors (Lipinski definition) is 2. The zero-order chi connectivity index (χ0) is 17.1. The van der Waals surface area contributed by atoms with E-state index in [9.17, 15) is 10.1 Å². The van der Waals surface area contributed by atoms with E-state index in [-0.39, 0.29) is 5.57 Å². The van der Waals surface area contributed by atoms with Crippen molar-refractivity contribution >= 4 is 39.4 Å². The molecule has 1 aromatic carbocycles. The minimum atomic E-state index is -0.485. The maximum absolute atomic E-state index is 12.3. The summed E-state index contributed by atoms with van der Waals surface area (Å²) in [4.78, 5) is 15.6. The number of aromatic nitrogens is 3. The van der Waals surface area contributed by atoms with Crippen molar-refractivity contribution in [2.45, 2.75) is 20.3 Å². The predicted molar refractivity (Wildman–Crippen MR) is 94.5 cm³/mol. The quantitative estimate of drug-likeness (QED) is 0.563. The number of carbonyl (C=O) groups is 1. The number of anilines is 1. The van der Waals surface area contributed by atoms with Gasteiger partial charge in [-0.05, 0) is 25.5 Å². The van der Waals surface area contributed by atoms with Crippen LogP contribution in [0.5, 0.6) is 0 Å². The number of H-pyrrole nitrogens is 1. The van der Waals surface area contributed by atoms with E-state index in [4.69, 9.17) is 0 Å². The summed E-state index contributed by atoms with van der Waals surface area (Å²) in [5.41, 5.74) is 2.73. The first-order valence-corrected chi connectivity index (χ1v) is 8.27. The Hall–Kier alpha value is -2.98. The van der Waals surface area contributed by atoms with E-state index >= 15 is 0 Å². The van der Waals surface area contributed by atoms with Crippen LogP contribution in [0.1, 0.15) is 23.2 Å². The van der Waals surface area contributed by atoms with Gasteiger partial charge >= 0.3 is 0 Å². The van der Waals surface area contributed by atoms with Crippen LogP contribution in [0.2, 0.25) is 0 Å². The number of rotatable bonds is 4. The minimum Gasteiger partial charge on any atom is -0.358 e. The molecule has 2 heterocycles. The summed E-state index contributed by atoms with van der Waals surface area (Å²) in [6.45, 7) is 3.88. The number of aryl methyl sites for hydroxylation is 2. The van der Waals surface area contributed by atoms with Gasteiger partial charge in [0.2, 0.25) is 5.13 Å². The standard InChI is InChI=1S/C17H15N5OS/c1-3-15-21-22-17(24-15)20-16(23)11(9-18)8-13-10(2)19-14-7-5-4-6-12(13)14/h4-8,19H,3H2,1-2H3,(H,20,22,23)/b11-8-. The van der Waals surface area contributed by atoms with Gasteiger partial charge in [-0.25, -0.2) is 0 Å². The highest BCUT2D eigenvalue weighted by atomic mass is 32.1. The molecule has 120 valence electrons. The highest BCUT2D eigenvalue weighted by molar-refractivity contribution is 7.15. The second-order valence-electron chi connectivity index (χ2n) is 5.19. The molecule has 24 heavy (non-hydrogen) atoms. The number of amides is 1. The van der Waals surface area contributed by atoms with Gasteiger partial charge in [0.1, 0.15) is 16.6 Å². The highest BCUT2D eigenvalue weighted by Crippen LogP contribution is 2.24. The van der Waals surface area contributed by atoms with Gasteiger partial charge in [0.05, 0.1) is 0 Å². The number of carbonyl (C=O) groups excluding carboxylic acids is 1.